The van der Waals surface area contributed by atoms with Gasteiger partial charge in [0.2, 0.25) is 0 Å². The van der Waals surface area contributed by atoms with Crippen LogP contribution in [0.25, 0.3) is 0 Å². The van der Waals surface area contributed by atoms with Gasteiger partial charge in [0.15, 0.2) is 0 Å². The van der Waals surface area contributed by atoms with Gasteiger partial charge in [-0.3, -0.25) is 4.79 Å². The van der Waals surface area contributed by atoms with E-state index in [2.05, 4.69) is 17.2 Å². The molecule has 0 aliphatic heterocycles. The van der Waals surface area contributed by atoms with Crippen molar-refractivity contribution >= 4 is 17.3 Å². The molecule has 4 rings (SSSR count). The van der Waals surface area contributed by atoms with Crippen molar-refractivity contribution in [2.75, 3.05) is 23.8 Å². The number of rotatable bonds is 11. The van der Waals surface area contributed by atoms with Gasteiger partial charge in [-0.15, -0.1) is 0 Å². The van der Waals surface area contributed by atoms with Gasteiger partial charge < -0.3 is 21.3 Å². The second-order valence-corrected chi connectivity index (χ2v) is 9.87. The van der Waals surface area contributed by atoms with E-state index in [1.54, 1.807) is 30.3 Å². The zero-order chi connectivity index (χ0) is 28.9. The van der Waals surface area contributed by atoms with E-state index in [0.29, 0.717) is 23.2 Å². The molecule has 1 aliphatic carbocycles. The minimum absolute atomic E-state index is 0.149. The minimum atomic E-state index is -4.76. The molecule has 0 saturated heterocycles. The number of likely N-dealkylation sites (N-methyl/N-ethyl adjacent to an activating group) is 1. The summed E-state index contributed by atoms with van der Waals surface area (Å²) in [5.74, 6) is -1.05. The highest BCUT2D eigenvalue weighted by Crippen LogP contribution is 2.32. The van der Waals surface area contributed by atoms with E-state index in [1.807, 2.05) is 30.3 Å². The fraction of sp³-hybridized carbons (Fsp3) is 0.258. The molecular formula is C31H32F4N4O. The van der Waals surface area contributed by atoms with E-state index < -0.39 is 23.5 Å². The Balaban J connectivity index is 1.66. The van der Waals surface area contributed by atoms with Gasteiger partial charge in [0.1, 0.15) is 11.5 Å². The number of amides is 1. The van der Waals surface area contributed by atoms with Crippen LogP contribution in [-0.2, 0) is 11.3 Å². The Kier molecular flexibility index (Phi) is 9.07. The summed E-state index contributed by atoms with van der Waals surface area (Å²) in [6.45, 7) is 4.08. The zero-order valence-corrected chi connectivity index (χ0v) is 22.1. The second kappa shape index (κ2) is 12.5. The van der Waals surface area contributed by atoms with E-state index in [0.717, 1.165) is 30.5 Å². The third-order valence-electron chi connectivity index (χ3n) is 6.82. The van der Waals surface area contributed by atoms with Gasteiger partial charge in [0.25, 0.3) is 5.91 Å². The molecular weight excluding hydrogens is 520 g/mol. The number of nitrogens with two attached hydrogens (primary N) is 1. The lowest BCUT2D eigenvalue weighted by Gasteiger charge is -2.24. The van der Waals surface area contributed by atoms with Crippen LogP contribution in [0.15, 0.2) is 96.7 Å². The summed E-state index contributed by atoms with van der Waals surface area (Å²) in [5, 5.41) is 6.01. The van der Waals surface area contributed by atoms with Crippen LogP contribution >= 0.6 is 0 Å². The van der Waals surface area contributed by atoms with Crippen molar-refractivity contribution in [2.45, 2.75) is 31.6 Å². The summed E-state index contributed by atoms with van der Waals surface area (Å²) in [6.07, 6.45) is -1.80. The summed E-state index contributed by atoms with van der Waals surface area (Å²) in [4.78, 5) is 14.7. The number of hydrogen-bond donors (Lipinski definition) is 3. The molecule has 1 amide bonds. The fourth-order valence-corrected chi connectivity index (χ4v) is 4.28. The molecule has 9 heteroatoms. The maximum atomic E-state index is 15.0. The molecule has 210 valence electrons. The number of alkyl halides is 3. The maximum absolute atomic E-state index is 15.0. The molecule has 1 saturated carbocycles. The van der Waals surface area contributed by atoms with Gasteiger partial charge in [-0.1, -0.05) is 55.1 Å². The monoisotopic (exact) mass is 552 g/mol. The van der Waals surface area contributed by atoms with Gasteiger partial charge in [-0.25, -0.2) is 4.39 Å². The molecule has 1 unspecified atom stereocenters. The topological polar surface area (TPSA) is 70.4 Å². The van der Waals surface area contributed by atoms with E-state index in [1.165, 1.54) is 24.1 Å². The van der Waals surface area contributed by atoms with Crippen LogP contribution in [0.2, 0.25) is 0 Å². The highest BCUT2D eigenvalue weighted by atomic mass is 19.4. The van der Waals surface area contributed by atoms with E-state index in [9.17, 15) is 22.4 Å². The van der Waals surface area contributed by atoms with Crippen molar-refractivity contribution in [3.05, 3.63) is 119 Å². The molecule has 0 radical (unpaired) electrons. The first-order valence-corrected chi connectivity index (χ1v) is 13.0. The molecule has 4 N–H and O–H groups in total. The standard InChI is InChI=1S/C31H32F4N4O/c1-20(31(33,34)35)15-28(39(2)25-10-6-7-22(16-25)18-36)30(40)38-27-17-24(13-14-26(27)32)29(37-19-21-11-12-21)23-8-4-3-5-9-23/h3-10,13-17,21,29,37H,1,11-12,18-19,36H2,2H3,(H,38,40)/b28-15-. The minimum Gasteiger partial charge on any atom is -0.340 e. The Labute approximate surface area is 231 Å². The molecule has 3 aromatic carbocycles. The Hall–Kier alpha value is -3.95. The second-order valence-electron chi connectivity index (χ2n) is 9.87. The van der Waals surface area contributed by atoms with Crippen LogP contribution < -0.4 is 21.3 Å². The molecule has 1 atom stereocenters. The van der Waals surface area contributed by atoms with Crippen LogP contribution in [0.4, 0.5) is 28.9 Å². The summed E-state index contributed by atoms with van der Waals surface area (Å²) in [7, 11) is 1.45. The number of halogens is 4. The van der Waals surface area contributed by atoms with Crippen molar-refractivity contribution in [1.29, 1.82) is 0 Å². The molecule has 5 nitrogen and oxygen atoms in total. The number of carbonyl (C=O) groups excluding carboxylic acids is 1. The van der Waals surface area contributed by atoms with Crippen LogP contribution in [0.1, 0.15) is 35.6 Å². The lowest BCUT2D eigenvalue weighted by Crippen LogP contribution is -2.29. The summed E-state index contributed by atoms with van der Waals surface area (Å²) >= 11 is 0. The zero-order valence-electron chi connectivity index (χ0n) is 22.1. The van der Waals surface area contributed by atoms with E-state index >= 15 is 0 Å². The first kappa shape index (κ1) is 29.0. The average Bonchev–Trinajstić information content (AvgIpc) is 3.77. The number of anilines is 2. The lowest BCUT2D eigenvalue weighted by atomic mass is 9.97. The number of carbonyl (C=O) groups is 1. The number of hydrogen-bond acceptors (Lipinski definition) is 4. The number of nitrogens with one attached hydrogen (secondary N) is 2. The Morgan fingerprint density at radius 3 is 2.45 bits per heavy atom. The molecule has 0 aromatic heterocycles. The highest BCUT2D eigenvalue weighted by molar-refractivity contribution is 6.06. The van der Waals surface area contributed by atoms with Gasteiger partial charge in [0, 0.05) is 19.3 Å². The molecule has 0 bridgehead atoms. The van der Waals surface area contributed by atoms with Gasteiger partial charge in [-0.2, -0.15) is 13.2 Å². The van der Waals surface area contributed by atoms with Crippen molar-refractivity contribution in [2.24, 2.45) is 11.7 Å². The molecule has 3 aromatic rings. The first-order chi connectivity index (χ1) is 19.1. The van der Waals surface area contributed by atoms with Crippen molar-refractivity contribution < 1.29 is 22.4 Å². The number of allylic oxidation sites excluding steroid dienone is 2. The largest absolute Gasteiger partial charge is 0.415 e. The van der Waals surface area contributed by atoms with Crippen molar-refractivity contribution in [1.82, 2.24) is 5.32 Å². The summed E-state index contributed by atoms with van der Waals surface area (Å²) in [6, 6.07) is 20.5. The van der Waals surface area contributed by atoms with Crippen LogP contribution in [-0.4, -0.2) is 25.7 Å². The maximum Gasteiger partial charge on any atom is 0.415 e. The van der Waals surface area contributed by atoms with E-state index in [-0.39, 0.29) is 24.0 Å². The predicted molar refractivity (Wildman–Crippen MR) is 150 cm³/mol. The molecule has 0 spiro atoms. The quantitative estimate of drug-likeness (QED) is 0.145. The molecule has 1 fully saturated rings. The normalized spacial score (nSPS) is 14.5. The SMILES string of the molecule is C=C(/C=C(/C(=O)Nc1cc(C(NCC2CC2)c2ccccc2)ccc1F)N(C)c1cccc(CN)c1)C(F)(F)F. The fourth-order valence-electron chi connectivity index (χ4n) is 4.28. The van der Waals surface area contributed by atoms with E-state index in [4.69, 9.17) is 5.73 Å². The van der Waals surface area contributed by atoms with Crippen molar-refractivity contribution in [3.8, 4) is 0 Å². The third-order valence-corrected chi connectivity index (χ3v) is 6.82. The van der Waals surface area contributed by atoms with Gasteiger partial charge in [0.05, 0.1) is 17.3 Å². The summed E-state index contributed by atoms with van der Waals surface area (Å²) < 4.78 is 55.2. The number of nitrogens with zero attached hydrogens (tertiary/aromatic N) is 1. The first-order valence-electron chi connectivity index (χ1n) is 13.0. The van der Waals surface area contributed by atoms with Crippen LogP contribution in [0.3, 0.4) is 0 Å². The molecule has 0 heterocycles. The van der Waals surface area contributed by atoms with Gasteiger partial charge >= 0.3 is 6.18 Å². The lowest BCUT2D eigenvalue weighted by molar-refractivity contribution is -0.113. The smallest absolute Gasteiger partial charge is 0.340 e. The predicted octanol–water partition coefficient (Wildman–Crippen LogP) is 6.45. The Bertz CT molecular complexity index is 1380. The molecule has 40 heavy (non-hydrogen) atoms. The Morgan fingerprint density at radius 2 is 1.80 bits per heavy atom. The van der Waals surface area contributed by atoms with Gasteiger partial charge in [-0.05, 0) is 72.3 Å². The van der Waals surface area contributed by atoms with Crippen LogP contribution in [0, 0.1) is 11.7 Å². The van der Waals surface area contributed by atoms with Crippen LogP contribution in [0.5, 0.6) is 0 Å². The number of benzene rings is 3. The summed E-state index contributed by atoms with van der Waals surface area (Å²) in [5.41, 5.74) is 6.80. The molecule has 1 aliphatic rings. The van der Waals surface area contributed by atoms with Crippen molar-refractivity contribution in [3.63, 3.8) is 0 Å². The third kappa shape index (κ3) is 7.37. The highest BCUT2D eigenvalue weighted by Gasteiger charge is 2.32. The average molecular weight is 553 g/mol. The Morgan fingerprint density at radius 1 is 1.07 bits per heavy atom.